The van der Waals surface area contributed by atoms with Gasteiger partial charge in [0.2, 0.25) is 0 Å². The largest absolute Gasteiger partial charge is 0.486 e. The highest BCUT2D eigenvalue weighted by Gasteiger charge is 2.15. The van der Waals surface area contributed by atoms with E-state index in [0.717, 1.165) is 44.7 Å². The van der Waals surface area contributed by atoms with Gasteiger partial charge in [0.25, 0.3) is 0 Å². The first-order chi connectivity index (χ1) is 12.3. The fraction of sp³-hybridized carbons (Fsp3) is 0.105. The molecule has 5 rings (SSSR count). The number of hydrogen-bond acceptors (Lipinski definition) is 5. The normalized spacial score (nSPS) is 13.3. The molecule has 1 aliphatic rings. The molecule has 5 nitrogen and oxygen atoms in total. The Morgan fingerprint density at radius 1 is 0.960 bits per heavy atom. The molecule has 0 aliphatic carbocycles. The third kappa shape index (κ3) is 2.42. The summed E-state index contributed by atoms with van der Waals surface area (Å²) in [5.74, 6) is 1.59. The number of fused-ring (bicyclic) bond motifs is 2. The number of nitrogens with zero attached hydrogens (tertiary/aromatic N) is 2. The van der Waals surface area contributed by atoms with Crippen LogP contribution < -0.4 is 15.2 Å². The van der Waals surface area contributed by atoms with E-state index >= 15 is 0 Å². The maximum Gasteiger partial charge on any atom is 0.194 e. The van der Waals surface area contributed by atoms with Crippen LogP contribution in [0.5, 0.6) is 11.5 Å². The number of ether oxygens (including phenoxy) is 2. The van der Waals surface area contributed by atoms with Crippen LogP contribution in [0, 0.1) is 0 Å². The Morgan fingerprint density at radius 3 is 2.56 bits per heavy atom. The Morgan fingerprint density at radius 2 is 1.72 bits per heavy atom. The van der Waals surface area contributed by atoms with Crippen LogP contribution in [0.3, 0.4) is 0 Å². The Hall–Kier alpha value is -2.99. The summed E-state index contributed by atoms with van der Waals surface area (Å²) in [6, 6.07) is 13.8. The van der Waals surface area contributed by atoms with Crippen LogP contribution >= 0.6 is 11.3 Å². The fourth-order valence-electron chi connectivity index (χ4n) is 2.99. The Kier molecular flexibility index (Phi) is 3.18. The SMILES string of the molecule is Nc1ccc(-c2cn3c(-c4ccc5c(c4)OCCO5)csc3n2)cc1. The lowest BCUT2D eigenvalue weighted by Crippen LogP contribution is -2.15. The minimum Gasteiger partial charge on any atom is -0.486 e. The number of benzene rings is 2. The molecule has 0 amide bonds. The summed E-state index contributed by atoms with van der Waals surface area (Å²) in [7, 11) is 0. The first kappa shape index (κ1) is 14.4. The van der Waals surface area contributed by atoms with Gasteiger partial charge in [0.15, 0.2) is 16.5 Å². The van der Waals surface area contributed by atoms with E-state index in [1.54, 1.807) is 11.3 Å². The van der Waals surface area contributed by atoms with Crippen molar-refractivity contribution in [2.24, 2.45) is 0 Å². The summed E-state index contributed by atoms with van der Waals surface area (Å²) in [5.41, 5.74) is 10.7. The average molecular weight is 349 g/mol. The van der Waals surface area contributed by atoms with Crippen molar-refractivity contribution in [3.63, 3.8) is 0 Å². The molecule has 6 heteroatoms. The van der Waals surface area contributed by atoms with Crippen LogP contribution in [-0.2, 0) is 0 Å². The van der Waals surface area contributed by atoms with E-state index in [0.29, 0.717) is 13.2 Å². The van der Waals surface area contributed by atoms with Gasteiger partial charge in [0.1, 0.15) is 13.2 Å². The molecule has 25 heavy (non-hydrogen) atoms. The highest BCUT2D eigenvalue weighted by molar-refractivity contribution is 7.15. The second kappa shape index (κ2) is 5.53. The molecule has 0 unspecified atom stereocenters. The van der Waals surface area contributed by atoms with Gasteiger partial charge >= 0.3 is 0 Å². The Balaban J connectivity index is 1.59. The van der Waals surface area contributed by atoms with Crippen LogP contribution in [0.15, 0.2) is 54.0 Å². The number of thiazole rings is 1. The molecule has 124 valence electrons. The van der Waals surface area contributed by atoms with Gasteiger partial charge in [-0.2, -0.15) is 0 Å². The van der Waals surface area contributed by atoms with Crippen LogP contribution in [-0.4, -0.2) is 22.6 Å². The Labute approximate surface area is 148 Å². The lowest BCUT2D eigenvalue weighted by Gasteiger charge is -2.18. The second-order valence-electron chi connectivity index (χ2n) is 5.88. The first-order valence-corrected chi connectivity index (χ1v) is 8.88. The predicted octanol–water partition coefficient (Wildman–Crippen LogP) is 4.08. The van der Waals surface area contributed by atoms with Crippen LogP contribution in [0.25, 0.3) is 27.5 Å². The van der Waals surface area contributed by atoms with Gasteiger partial charge in [-0.3, -0.25) is 4.40 Å². The summed E-state index contributed by atoms with van der Waals surface area (Å²) in [6.45, 7) is 1.18. The number of nitrogen functional groups attached to an aromatic ring is 1. The zero-order chi connectivity index (χ0) is 16.8. The van der Waals surface area contributed by atoms with Crippen molar-refractivity contribution >= 4 is 22.0 Å². The van der Waals surface area contributed by atoms with E-state index in [1.807, 2.05) is 36.4 Å². The van der Waals surface area contributed by atoms with Crippen molar-refractivity contribution in [1.29, 1.82) is 0 Å². The highest BCUT2D eigenvalue weighted by atomic mass is 32.1. The molecule has 2 aromatic carbocycles. The van der Waals surface area contributed by atoms with Crippen molar-refractivity contribution in [3.8, 4) is 34.0 Å². The van der Waals surface area contributed by atoms with Gasteiger partial charge in [-0.25, -0.2) is 4.98 Å². The minimum absolute atomic E-state index is 0.585. The third-order valence-corrected chi connectivity index (χ3v) is 5.09. The summed E-state index contributed by atoms with van der Waals surface area (Å²) in [4.78, 5) is 5.69. The average Bonchev–Trinajstić information content (AvgIpc) is 3.22. The molecule has 2 N–H and O–H groups in total. The lowest BCUT2D eigenvalue weighted by atomic mass is 10.1. The molecule has 0 fully saturated rings. The molecule has 2 aromatic heterocycles. The molecular formula is C19H15N3O2S. The van der Waals surface area contributed by atoms with Crippen molar-refractivity contribution in [1.82, 2.24) is 9.38 Å². The zero-order valence-corrected chi connectivity index (χ0v) is 14.1. The highest BCUT2D eigenvalue weighted by Crippen LogP contribution is 2.36. The quantitative estimate of drug-likeness (QED) is 0.554. The van der Waals surface area contributed by atoms with Crippen LogP contribution in [0.1, 0.15) is 0 Å². The van der Waals surface area contributed by atoms with E-state index in [2.05, 4.69) is 22.0 Å². The van der Waals surface area contributed by atoms with Gasteiger partial charge in [-0.1, -0.05) is 12.1 Å². The fourth-order valence-corrected chi connectivity index (χ4v) is 3.87. The molecule has 0 radical (unpaired) electrons. The maximum atomic E-state index is 5.77. The van der Waals surface area contributed by atoms with E-state index < -0.39 is 0 Å². The number of nitrogens with two attached hydrogens (primary N) is 1. The molecule has 0 spiro atoms. The van der Waals surface area contributed by atoms with Gasteiger partial charge in [0, 0.05) is 28.4 Å². The van der Waals surface area contributed by atoms with Gasteiger partial charge < -0.3 is 15.2 Å². The topological polar surface area (TPSA) is 61.8 Å². The zero-order valence-electron chi connectivity index (χ0n) is 13.3. The van der Waals surface area contributed by atoms with E-state index in [4.69, 9.17) is 20.2 Å². The first-order valence-electron chi connectivity index (χ1n) is 8.00. The molecule has 0 atom stereocenters. The van der Waals surface area contributed by atoms with Gasteiger partial charge in [0.05, 0.1) is 11.4 Å². The lowest BCUT2D eigenvalue weighted by molar-refractivity contribution is 0.171. The summed E-state index contributed by atoms with van der Waals surface area (Å²) in [5, 5.41) is 2.11. The van der Waals surface area contributed by atoms with E-state index in [9.17, 15) is 0 Å². The molecule has 0 saturated heterocycles. The van der Waals surface area contributed by atoms with Gasteiger partial charge in [-0.15, -0.1) is 11.3 Å². The van der Waals surface area contributed by atoms with Crippen molar-refractivity contribution < 1.29 is 9.47 Å². The number of aromatic nitrogens is 2. The molecule has 0 bridgehead atoms. The molecule has 4 aromatic rings. The summed E-state index contributed by atoms with van der Waals surface area (Å²) in [6.07, 6.45) is 2.06. The number of anilines is 1. The van der Waals surface area contributed by atoms with Crippen molar-refractivity contribution in [2.45, 2.75) is 0 Å². The molecular weight excluding hydrogens is 334 g/mol. The number of imidazole rings is 1. The monoisotopic (exact) mass is 349 g/mol. The molecule has 0 saturated carbocycles. The molecule has 1 aliphatic heterocycles. The predicted molar refractivity (Wildman–Crippen MR) is 99.3 cm³/mol. The number of hydrogen-bond donors (Lipinski definition) is 1. The third-order valence-electron chi connectivity index (χ3n) is 4.25. The van der Waals surface area contributed by atoms with Crippen molar-refractivity contribution in [3.05, 3.63) is 54.0 Å². The van der Waals surface area contributed by atoms with Gasteiger partial charge in [-0.05, 0) is 30.3 Å². The van der Waals surface area contributed by atoms with E-state index in [1.165, 1.54) is 0 Å². The number of rotatable bonds is 2. The summed E-state index contributed by atoms with van der Waals surface area (Å²) < 4.78 is 13.4. The smallest absolute Gasteiger partial charge is 0.194 e. The van der Waals surface area contributed by atoms with Crippen molar-refractivity contribution in [2.75, 3.05) is 18.9 Å². The standard InChI is InChI=1S/C19H15N3O2S/c20-14-4-1-12(2-5-14)15-10-22-16(11-25-19(22)21-15)13-3-6-17-18(9-13)24-8-7-23-17/h1-6,9-11H,7-8,20H2. The van der Waals surface area contributed by atoms with Crippen LogP contribution in [0.4, 0.5) is 5.69 Å². The minimum atomic E-state index is 0.585. The Bertz CT molecular complexity index is 1070. The summed E-state index contributed by atoms with van der Waals surface area (Å²) >= 11 is 1.62. The van der Waals surface area contributed by atoms with Crippen LogP contribution in [0.2, 0.25) is 0 Å². The molecule has 3 heterocycles. The maximum absolute atomic E-state index is 5.77. The second-order valence-corrected chi connectivity index (χ2v) is 6.72. The van der Waals surface area contributed by atoms with E-state index in [-0.39, 0.29) is 0 Å².